The van der Waals surface area contributed by atoms with Crippen molar-refractivity contribution in [3.05, 3.63) is 46.5 Å². The summed E-state index contributed by atoms with van der Waals surface area (Å²) in [6.45, 7) is 4.21. The first-order valence-corrected chi connectivity index (χ1v) is 11.7. The highest BCUT2D eigenvalue weighted by atomic mass is 16.5. The summed E-state index contributed by atoms with van der Waals surface area (Å²) in [4.78, 5) is 49.4. The first-order chi connectivity index (χ1) is 17.3. The van der Waals surface area contributed by atoms with E-state index in [-0.39, 0.29) is 85.0 Å². The lowest BCUT2D eigenvalue weighted by atomic mass is 9.83. The SMILES string of the molecule is CCOC(=O)CCCOc1cc2c(cc1OCCCC(=O)OCC)C(=O)c1cc(O)c(O)cc1C2=O. The minimum Gasteiger partial charge on any atom is -0.504 e. The number of hydrogen-bond acceptors (Lipinski definition) is 10. The van der Waals surface area contributed by atoms with Crippen molar-refractivity contribution in [2.24, 2.45) is 0 Å². The van der Waals surface area contributed by atoms with Crippen molar-refractivity contribution in [3.8, 4) is 23.0 Å². The van der Waals surface area contributed by atoms with Gasteiger partial charge in [0.1, 0.15) is 0 Å². The number of carbonyl (C=O) groups is 4. The number of phenolic OH excluding ortho intramolecular Hbond substituents is 2. The van der Waals surface area contributed by atoms with E-state index in [9.17, 15) is 29.4 Å². The molecule has 2 aromatic rings. The van der Waals surface area contributed by atoms with Crippen molar-refractivity contribution in [2.45, 2.75) is 39.5 Å². The summed E-state index contributed by atoms with van der Waals surface area (Å²) >= 11 is 0. The molecule has 1 aliphatic carbocycles. The third-order valence-electron chi connectivity index (χ3n) is 5.35. The molecule has 0 aromatic heterocycles. The standard InChI is InChI=1S/C26H28O10/c1-3-33-23(29)7-5-9-35-21-13-17-18(14-22(21)36-10-6-8-24(30)34-4-2)26(32)16-12-20(28)19(27)11-15(16)25(17)31/h11-14,27-28H,3-10H2,1-2H3. The van der Waals surface area contributed by atoms with Crippen molar-refractivity contribution < 1.29 is 48.3 Å². The van der Waals surface area contributed by atoms with Crippen molar-refractivity contribution >= 4 is 23.5 Å². The molecule has 10 nitrogen and oxygen atoms in total. The summed E-state index contributed by atoms with van der Waals surface area (Å²) in [5, 5.41) is 19.6. The van der Waals surface area contributed by atoms with Crippen molar-refractivity contribution in [3.63, 3.8) is 0 Å². The van der Waals surface area contributed by atoms with Crippen LogP contribution in [0.5, 0.6) is 23.0 Å². The minimum absolute atomic E-state index is 0.0424. The summed E-state index contributed by atoms with van der Waals surface area (Å²) in [6, 6.07) is 4.86. The molecular formula is C26H28O10. The number of carbonyl (C=O) groups excluding carboxylic acids is 4. The van der Waals surface area contributed by atoms with Crippen molar-refractivity contribution in [1.82, 2.24) is 0 Å². The summed E-state index contributed by atoms with van der Waals surface area (Å²) in [5.41, 5.74) is 0.0204. The molecule has 0 aliphatic heterocycles. The highest BCUT2D eigenvalue weighted by molar-refractivity contribution is 6.29. The maximum absolute atomic E-state index is 13.1. The van der Waals surface area contributed by atoms with Gasteiger partial charge in [-0.3, -0.25) is 19.2 Å². The van der Waals surface area contributed by atoms with Crippen LogP contribution in [0.4, 0.5) is 0 Å². The second-order valence-corrected chi connectivity index (χ2v) is 7.90. The van der Waals surface area contributed by atoms with Gasteiger partial charge in [-0.2, -0.15) is 0 Å². The minimum atomic E-state index is -0.528. The fourth-order valence-corrected chi connectivity index (χ4v) is 3.67. The Bertz CT molecular complexity index is 1080. The summed E-state index contributed by atoms with van der Waals surface area (Å²) < 4.78 is 21.4. The Morgan fingerprint density at radius 3 is 1.39 bits per heavy atom. The molecule has 0 fully saturated rings. The molecule has 0 amide bonds. The Labute approximate surface area is 207 Å². The molecule has 0 saturated carbocycles. The van der Waals surface area contributed by atoms with Crippen LogP contribution < -0.4 is 9.47 Å². The van der Waals surface area contributed by atoms with Gasteiger partial charge in [0, 0.05) is 35.1 Å². The molecule has 0 unspecified atom stereocenters. The summed E-state index contributed by atoms with van der Waals surface area (Å²) in [6.07, 6.45) is 0.978. The zero-order chi connectivity index (χ0) is 26.2. The predicted octanol–water partition coefficient (Wildman–Crippen LogP) is 3.32. The van der Waals surface area contributed by atoms with Gasteiger partial charge in [-0.25, -0.2) is 0 Å². The Morgan fingerprint density at radius 1 is 0.667 bits per heavy atom. The number of rotatable bonds is 12. The van der Waals surface area contributed by atoms with Gasteiger partial charge in [-0.1, -0.05) is 0 Å². The van der Waals surface area contributed by atoms with Crippen LogP contribution in [0.15, 0.2) is 24.3 Å². The van der Waals surface area contributed by atoms with Crippen LogP contribution in [0.1, 0.15) is 71.4 Å². The van der Waals surface area contributed by atoms with E-state index in [1.807, 2.05) is 0 Å². The predicted molar refractivity (Wildman–Crippen MR) is 126 cm³/mol. The number of ketones is 2. The van der Waals surface area contributed by atoms with Gasteiger partial charge < -0.3 is 29.2 Å². The molecule has 0 saturated heterocycles. The lowest BCUT2D eigenvalue weighted by Gasteiger charge is -2.21. The smallest absolute Gasteiger partial charge is 0.305 e. The highest BCUT2D eigenvalue weighted by Crippen LogP contribution is 2.39. The van der Waals surface area contributed by atoms with Gasteiger partial charge in [-0.05, 0) is 51.0 Å². The van der Waals surface area contributed by atoms with Crippen LogP contribution in [-0.4, -0.2) is 60.1 Å². The normalized spacial score (nSPS) is 11.9. The molecular weight excluding hydrogens is 472 g/mol. The molecule has 2 aromatic carbocycles. The zero-order valence-corrected chi connectivity index (χ0v) is 20.1. The molecule has 1 aliphatic rings. The number of benzene rings is 2. The third-order valence-corrected chi connectivity index (χ3v) is 5.35. The number of fused-ring (bicyclic) bond motifs is 2. The Balaban J connectivity index is 1.84. The quantitative estimate of drug-likeness (QED) is 0.216. The average Bonchev–Trinajstić information content (AvgIpc) is 2.84. The molecule has 36 heavy (non-hydrogen) atoms. The maximum Gasteiger partial charge on any atom is 0.305 e. The fraction of sp³-hybridized carbons (Fsp3) is 0.385. The van der Waals surface area contributed by atoms with E-state index in [0.717, 1.165) is 12.1 Å². The number of esters is 2. The second kappa shape index (κ2) is 12.1. The van der Waals surface area contributed by atoms with Crippen molar-refractivity contribution in [1.29, 1.82) is 0 Å². The Hall–Kier alpha value is -4.08. The van der Waals surface area contributed by atoms with Gasteiger partial charge in [0.2, 0.25) is 0 Å². The van der Waals surface area contributed by atoms with Crippen LogP contribution in [0.3, 0.4) is 0 Å². The van der Waals surface area contributed by atoms with Crippen LogP contribution in [0.2, 0.25) is 0 Å². The molecule has 3 rings (SSSR count). The van der Waals surface area contributed by atoms with Crippen LogP contribution in [-0.2, 0) is 19.1 Å². The van der Waals surface area contributed by atoms with E-state index in [1.54, 1.807) is 13.8 Å². The molecule has 0 radical (unpaired) electrons. The maximum atomic E-state index is 13.1. The number of hydrogen-bond donors (Lipinski definition) is 2. The van der Waals surface area contributed by atoms with Crippen LogP contribution in [0.25, 0.3) is 0 Å². The molecule has 192 valence electrons. The van der Waals surface area contributed by atoms with Crippen LogP contribution in [0, 0.1) is 0 Å². The van der Waals surface area contributed by atoms with Crippen molar-refractivity contribution in [2.75, 3.05) is 26.4 Å². The topological polar surface area (TPSA) is 146 Å². The first-order valence-electron chi connectivity index (χ1n) is 11.7. The molecule has 10 heteroatoms. The largest absolute Gasteiger partial charge is 0.504 e. The molecule has 0 atom stereocenters. The molecule has 0 bridgehead atoms. The lowest BCUT2D eigenvalue weighted by molar-refractivity contribution is -0.144. The Morgan fingerprint density at radius 2 is 1.03 bits per heavy atom. The fourth-order valence-electron chi connectivity index (χ4n) is 3.67. The number of aromatic hydroxyl groups is 2. The monoisotopic (exact) mass is 500 g/mol. The molecule has 0 spiro atoms. The van der Waals surface area contributed by atoms with Gasteiger partial charge in [0.05, 0.1) is 26.4 Å². The second-order valence-electron chi connectivity index (χ2n) is 7.90. The molecule has 0 heterocycles. The van der Waals surface area contributed by atoms with Gasteiger partial charge in [-0.15, -0.1) is 0 Å². The van der Waals surface area contributed by atoms with E-state index in [2.05, 4.69) is 0 Å². The highest BCUT2D eigenvalue weighted by Gasteiger charge is 2.33. The third kappa shape index (κ3) is 6.12. The Kier molecular flexibility index (Phi) is 8.88. The van der Waals surface area contributed by atoms with E-state index < -0.39 is 23.1 Å². The van der Waals surface area contributed by atoms with E-state index in [0.29, 0.717) is 12.8 Å². The zero-order valence-electron chi connectivity index (χ0n) is 20.1. The van der Waals surface area contributed by atoms with Gasteiger partial charge in [0.15, 0.2) is 34.6 Å². The summed E-state index contributed by atoms with van der Waals surface area (Å²) in [7, 11) is 0. The number of phenols is 2. The van der Waals surface area contributed by atoms with Gasteiger partial charge >= 0.3 is 11.9 Å². The first kappa shape index (κ1) is 26.5. The lowest BCUT2D eigenvalue weighted by Crippen LogP contribution is -2.21. The van der Waals surface area contributed by atoms with Gasteiger partial charge in [0.25, 0.3) is 0 Å². The number of ether oxygens (including phenoxy) is 4. The van der Waals surface area contributed by atoms with E-state index >= 15 is 0 Å². The van der Waals surface area contributed by atoms with E-state index in [4.69, 9.17) is 18.9 Å². The average molecular weight is 501 g/mol. The van der Waals surface area contributed by atoms with Crippen LogP contribution >= 0.6 is 0 Å². The molecule has 2 N–H and O–H groups in total. The summed E-state index contributed by atoms with van der Waals surface area (Å²) in [5.74, 6) is -2.45. The van der Waals surface area contributed by atoms with E-state index in [1.165, 1.54) is 12.1 Å².